The van der Waals surface area contributed by atoms with Crippen LogP contribution in [0.1, 0.15) is 155 Å². The van der Waals surface area contributed by atoms with Crippen LogP contribution in [-0.2, 0) is 27.1 Å². The number of fused-ring (bicyclic) bond motifs is 16. The van der Waals surface area contributed by atoms with Crippen LogP contribution in [0.4, 0.5) is 22.7 Å². The normalized spacial score (nSPS) is 22.5. The van der Waals surface area contributed by atoms with Crippen molar-refractivity contribution in [2.45, 2.75) is 161 Å². The smallest absolute Gasteiger partial charge is 0.333 e. The van der Waals surface area contributed by atoms with Crippen molar-refractivity contribution in [2.75, 3.05) is 9.71 Å². The first-order valence-electron chi connectivity index (χ1n) is 25.0. The highest BCUT2D eigenvalue weighted by Gasteiger charge is 2.62. The number of thiophene rings is 1. The molecule has 13 rings (SSSR count). The molecule has 2 atom stereocenters. The predicted molar refractivity (Wildman–Crippen MR) is 286 cm³/mol. The van der Waals surface area contributed by atoms with Crippen LogP contribution < -0.4 is 20.6 Å². The van der Waals surface area contributed by atoms with E-state index in [1.165, 1.54) is 142 Å². The lowest BCUT2D eigenvalue weighted by atomic mass is 9.43. The minimum Gasteiger partial charge on any atom is -0.455 e. The Kier molecular flexibility index (Phi) is 7.96. The minimum absolute atomic E-state index is 0.00818. The molecule has 1 fully saturated rings. The second kappa shape index (κ2) is 12.8. The van der Waals surface area contributed by atoms with Crippen LogP contribution in [0.25, 0.3) is 53.2 Å². The van der Waals surface area contributed by atoms with E-state index in [1.807, 2.05) is 11.3 Å². The van der Waals surface area contributed by atoms with Crippen molar-refractivity contribution in [3.8, 4) is 11.1 Å². The molecule has 0 bridgehead atoms. The van der Waals surface area contributed by atoms with Crippen molar-refractivity contribution in [3.63, 3.8) is 0 Å². The number of benzene rings is 6. The lowest BCUT2D eigenvalue weighted by Gasteiger charge is -2.53. The average molecular weight is 885 g/mol. The van der Waals surface area contributed by atoms with E-state index in [0.29, 0.717) is 0 Å². The van der Waals surface area contributed by atoms with Gasteiger partial charge in [0, 0.05) is 59.8 Å². The van der Waals surface area contributed by atoms with Crippen LogP contribution in [-0.4, -0.2) is 12.4 Å². The molecule has 0 spiro atoms. The van der Waals surface area contributed by atoms with Gasteiger partial charge >= 0.3 is 6.85 Å². The first-order valence-corrected chi connectivity index (χ1v) is 25.9. The Labute approximate surface area is 396 Å². The molecular formula is C61H65BN2OS. The topological polar surface area (TPSA) is 19.6 Å². The van der Waals surface area contributed by atoms with Gasteiger partial charge in [0.2, 0.25) is 0 Å². The third kappa shape index (κ3) is 5.12. The standard InChI is InChI=1S/C61H65BN2OS/c1-34-28-35(56(2,3)4)20-23-46(34)64-52-39(22-21-38-40-31-42-43(33-49(40)66-55(38)52)59(10,11)27-26-58(42,8)9)50-51-47(32-41-37-18-14-15-19-48(37)65-54(41)50)63-53-44(60(12)24-16-17-25-61(60,63)13)29-36(57(5,6)7)30-45(53)62(51)64/h14-15,18-23,28-33H,16-17,24-27H2,1-13H3. The van der Waals surface area contributed by atoms with Crippen molar-refractivity contribution in [1.82, 2.24) is 0 Å². The maximum absolute atomic E-state index is 7.25. The molecular weight excluding hydrogens is 820 g/mol. The number of para-hydroxylation sites is 1. The fourth-order valence-electron chi connectivity index (χ4n) is 14.0. The summed E-state index contributed by atoms with van der Waals surface area (Å²) >= 11 is 2.02. The second-order valence-electron chi connectivity index (χ2n) is 25.1. The lowest BCUT2D eigenvalue weighted by molar-refractivity contribution is 0.195. The van der Waals surface area contributed by atoms with Gasteiger partial charge in [-0.2, -0.15) is 0 Å². The SMILES string of the molecule is Cc1cc(C(C)(C)C)ccc1N1B2c3cc(C(C)(C)C)cc4c3N(c3cc5c(oc6ccccc65)c(c32)-c2ccc3c(sc5cc6c(cc53)C(C)(C)CCC6(C)C)c21)C1(C)CCCCC41C. The molecule has 0 saturated heterocycles. The molecule has 5 heteroatoms. The minimum atomic E-state index is -0.0870. The molecule has 66 heavy (non-hydrogen) atoms. The number of anilines is 4. The average Bonchev–Trinajstić information content (AvgIpc) is 3.89. The van der Waals surface area contributed by atoms with E-state index in [4.69, 9.17) is 4.42 Å². The molecule has 5 heterocycles. The molecule has 8 aromatic rings. The molecule has 2 unspecified atom stereocenters. The second-order valence-corrected chi connectivity index (χ2v) is 26.2. The Morgan fingerprint density at radius 2 is 1.33 bits per heavy atom. The zero-order valence-corrected chi connectivity index (χ0v) is 42.4. The summed E-state index contributed by atoms with van der Waals surface area (Å²) in [4.78, 5) is 5.74. The summed E-state index contributed by atoms with van der Waals surface area (Å²) < 4.78 is 10.0. The van der Waals surface area contributed by atoms with Crippen LogP contribution >= 0.6 is 11.3 Å². The number of nitrogens with zero attached hydrogens (tertiary/aromatic N) is 2. The maximum Gasteiger partial charge on any atom is 0.333 e. The fraction of sp³-hybridized carbons (Fsp3) is 0.410. The fourth-order valence-corrected chi connectivity index (χ4v) is 15.3. The molecule has 2 aliphatic carbocycles. The summed E-state index contributed by atoms with van der Waals surface area (Å²) in [6.45, 7) is 31.7. The molecule has 0 radical (unpaired) electrons. The van der Waals surface area contributed by atoms with E-state index in [-0.39, 0.29) is 39.5 Å². The van der Waals surface area contributed by atoms with Gasteiger partial charge in [-0.05, 0) is 136 Å². The Bertz CT molecular complexity index is 3480. The van der Waals surface area contributed by atoms with E-state index in [1.54, 1.807) is 5.56 Å². The van der Waals surface area contributed by atoms with Crippen molar-refractivity contribution in [3.05, 3.63) is 118 Å². The van der Waals surface area contributed by atoms with Gasteiger partial charge in [0.25, 0.3) is 0 Å². The zero-order valence-electron chi connectivity index (χ0n) is 41.6. The number of rotatable bonds is 1. The molecule has 1 saturated carbocycles. The van der Waals surface area contributed by atoms with E-state index in [0.717, 1.165) is 11.2 Å². The van der Waals surface area contributed by atoms with Crippen molar-refractivity contribution >= 4 is 94.0 Å². The highest BCUT2D eigenvalue weighted by molar-refractivity contribution is 7.26. The summed E-state index contributed by atoms with van der Waals surface area (Å²) in [6, 6.07) is 34.2. The quantitative estimate of drug-likeness (QED) is 0.153. The summed E-state index contributed by atoms with van der Waals surface area (Å²) in [5, 5.41) is 5.18. The van der Waals surface area contributed by atoms with Gasteiger partial charge in [0.05, 0.1) is 15.9 Å². The first kappa shape index (κ1) is 41.2. The van der Waals surface area contributed by atoms with Gasteiger partial charge < -0.3 is 14.1 Å². The van der Waals surface area contributed by atoms with Crippen molar-refractivity contribution < 1.29 is 4.42 Å². The van der Waals surface area contributed by atoms with Gasteiger partial charge in [-0.3, -0.25) is 0 Å². The summed E-state index contributed by atoms with van der Waals surface area (Å²) in [7, 11) is 0. The number of aryl methyl sites for hydroxylation is 1. The molecule has 5 aliphatic rings. The van der Waals surface area contributed by atoms with Crippen LogP contribution in [0.15, 0.2) is 89.3 Å². The molecule has 0 N–H and O–H groups in total. The number of hydrogen-bond acceptors (Lipinski definition) is 4. The van der Waals surface area contributed by atoms with Crippen molar-refractivity contribution in [2.24, 2.45) is 0 Å². The van der Waals surface area contributed by atoms with Crippen molar-refractivity contribution in [1.29, 1.82) is 0 Å². The number of hydrogen-bond donors (Lipinski definition) is 0. The van der Waals surface area contributed by atoms with E-state index in [2.05, 4.69) is 185 Å². The summed E-state index contributed by atoms with van der Waals surface area (Å²) in [6.07, 6.45) is 7.28. The van der Waals surface area contributed by atoms with E-state index >= 15 is 0 Å². The van der Waals surface area contributed by atoms with Gasteiger partial charge in [-0.15, -0.1) is 11.3 Å². The van der Waals surface area contributed by atoms with Gasteiger partial charge in [0.15, 0.2) is 0 Å². The monoisotopic (exact) mass is 884 g/mol. The third-order valence-electron chi connectivity index (χ3n) is 18.3. The summed E-state index contributed by atoms with van der Waals surface area (Å²) in [5.41, 5.74) is 21.7. The Morgan fingerprint density at radius 3 is 2.06 bits per heavy atom. The van der Waals surface area contributed by atoms with Crippen LogP contribution in [0.3, 0.4) is 0 Å². The zero-order chi connectivity index (χ0) is 46.0. The molecule has 3 aliphatic heterocycles. The predicted octanol–water partition coefficient (Wildman–Crippen LogP) is 16.2. The summed E-state index contributed by atoms with van der Waals surface area (Å²) in [5.74, 6) is 0. The van der Waals surface area contributed by atoms with E-state index in [9.17, 15) is 0 Å². The highest BCUT2D eigenvalue weighted by atomic mass is 32.1. The Balaban J connectivity index is 1.23. The molecule has 0 amide bonds. The Morgan fingerprint density at radius 1 is 0.621 bits per heavy atom. The van der Waals surface area contributed by atoms with Gasteiger partial charge in [0.1, 0.15) is 11.2 Å². The largest absolute Gasteiger partial charge is 0.455 e. The Hall–Kier alpha value is -5.00. The van der Waals surface area contributed by atoms with E-state index < -0.39 is 0 Å². The molecule has 2 aromatic heterocycles. The maximum atomic E-state index is 7.25. The first-order chi connectivity index (χ1) is 31.1. The molecule has 334 valence electrons. The number of furan rings is 1. The van der Waals surface area contributed by atoms with Crippen LogP contribution in [0.5, 0.6) is 0 Å². The van der Waals surface area contributed by atoms with Gasteiger partial charge in [-0.25, -0.2) is 0 Å². The third-order valence-corrected chi connectivity index (χ3v) is 19.4. The van der Waals surface area contributed by atoms with Crippen LogP contribution in [0.2, 0.25) is 0 Å². The molecule has 3 nitrogen and oxygen atoms in total. The lowest BCUT2D eigenvalue weighted by Crippen LogP contribution is -2.64. The molecule has 6 aromatic carbocycles. The van der Waals surface area contributed by atoms with Gasteiger partial charge in [-0.1, -0.05) is 144 Å². The highest BCUT2D eigenvalue weighted by Crippen LogP contribution is 2.64. The van der Waals surface area contributed by atoms with Crippen LogP contribution in [0, 0.1) is 6.92 Å².